The van der Waals surface area contributed by atoms with Crippen LogP contribution in [0.25, 0.3) is 0 Å². The molecule has 1 aliphatic carbocycles. The Morgan fingerprint density at radius 2 is 2.05 bits per heavy atom. The van der Waals surface area contributed by atoms with E-state index in [-0.39, 0.29) is 11.0 Å². The molecule has 0 atom stereocenters. The summed E-state index contributed by atoms with van der Waals surface area (Å²) in [7, 11) is 0. The Labute approximate surface area is 117 Å². The summed E-state index contributed by atoms with van der Waals surface area (Å²) in [6.07, 6.45) is 4.41. The van der Waals surface area contributed by atoms with E-state index in [0.717, 1.165) is 25.7 Å². The van der Waals surface area contributed by atoms with Gasteiger partial charge in [-0.3, -0.25) is 10.1 Å². The first-order chi connectivity index (χ1) is 9.04. The Morgan fingerprint density at radius 3 is 2.58 bits per heavy atom. The van der Waals surface area contributed by atoms with Crippen LogP contribution in [0.2, 0.25) is 5.28 Å². The van der Waals surface area contributed by atoms with Crippen LogP contribution in [-0.4, -0.2) is 27.5 Å². The van der Waals surface area contributed by atoms with E-state index in [1.807, 2.05) is 11.8 Å². The number of halogens is 1. The molecule has 7 heteroatoms. The molecule has 0 unspecified atom stereocenters. The van der Waals surface area contributed by atoms with Gasteiger partial charge in [-0.1, -0.05) is 12.8 Å². The van der Waals surface area contributed by atoms with Gasteiger partial charge in [-0.05, 0) is 38.3 Å². The van der Waals surface area contributed by atoms with Crippen molar-refractivity contribution in [2.75, 3.05) is 11.4 Å². The predicted molar refractivity (Wildman–Crippen MR) is 73.7 cm³/mol. The second-order valence-corrected chi connectivity index (χ2v) is 5.07. The van der Waals surface area contributed by atoms with Crippen molar-refractivity contribution >= 4 is 23.1 Å². The van der Waals surface area contributed by atoms with Crippen molar-refractivity contribution in [2.24, 2.45) is 0 Å². The first-order valence-electron chi connectivity index (χ1n) is 6.49. The van der Waals surface area contributed by atoms with E-state index in [0.29, 0.717) is 24.1 Å². The lowest BCUT2D eigenvalue weighted by atomic mass is 10.2. The zero-order valence-electron chi connectivity index (χ0n) is 11.1. The number of hydrogen-bond acceptors (Lipinski definition) is 5. The van der Waals surface area contributed by atoms with Crippen LogP contribution in [0.15, 0.2) is 0 Å². The van der Waals surface area contributed by atoms with Crippen LogP contribution in [0.1, 0.15) is 38.3 Å². The van der Waals surface area contributed by atoms with Gasteiger partial charge in [-0.2, -0.15) is 4.98 Å². The number of anilines is 1. The summed E-state index contributed by atoms with van der Waals surface area (Å²) in [5.74, 6) is 0.358. The third-order valence-electron chi connectivity index (χ3n) is 3.57. The van der Waals surface area contributed by atoms with Gasteiger partial charge in [0.1, 0.15) is 5.69 Å². The number of hydrogen-bond donors (Lipinski definition) is 0. The highest BCUT2D eigenvalue weighted by Gasteiger charge is 2.30. The molecule has 1 aromatic rings. The van der Waals surface area contributed by atoms with Crippen LogP contribution in [-0.2, 0) is 0 Å². The molecule has 1 aliphatic rings. The van der Waals surface area contributed by atoms with Gasteiger partial charge >= 0.3 is 5.69 Å². The minimum Gasteiger partial charge on any atom is -0.348 e. The standard InChI is InChI=1S/C12H17ClN4O2/c1-3-16(9-6-4-5-7-9)11-10(17(18)19)8(2)14-12(13)15-11/h9H,3-7H2,1-2H3. The topological polar surface area (TPSA) is 72.2 Å². The molecule has 0 N–H and O–H groups in total. The molecule has 1 saturated carbocycles. The fourth-order valence-electron chi connectivity index (χ4n) is 2.73. The highest BCUT2D eigenvalue weighted by molar-refractivity contribution is 6.28. The van der Waals surface area contributed by atoms with Gasteiger partial charge in [0, 0.05) is 12.6 Å². The zero-order chi connectivity index (χ0) is 14.0. The third-order valence-corrected chi connectivity index (χ3v) is 3.74. The maximum absolute atomic E-state index is 11.2. The normalized spacial score (nSPS) is 15.7. The molecular formula is C12H17ClN4O2. The van der Waals surface area contributed by atoms with E-state index in [1.54, 1.807) is 6.92 Å². The van der Waals surface area contributed by atoms with Gasteiger partial charge in [0.25, 0.3) is 0 Å². The van der Waals surface area contributed by atoms with E-state index in [9.17, 15) is 10.1 Å². The maximum atomic E-state index is 11.2. The lowest BCUT2D eigenvalue weighted by Gasteiger charge is -2.28. The van der Waals surface area contributed by atoms with E-state index in [1.165, 1.54) is 0 Å². The second kappa shape index (κ2) is 5.69. The number of nitro groups is 1. The minimum atomic E-state index is -0.418. The van der Waals surface area contributed by atoms with E-state index in [4.69, 9.17) is 11.6 Å². The predicted octanol–water partition coefficient (Wildman–Crippen LogP) is 3.12. The lowest BCUT2D eigenvalue weighted by molar-refractivity contribution is -0.385. The summed E-state index contributed by atoms with van der Waals surface area (Å²) in [4.78, 5) is 20.8. The van der Waals surface area contributed by atoms with Crippen molar-refractivity contribution in [3.63, 3.8) is 0 Å². The summed E-state index contributed by atoms with van der Waals surface area (Å²) >= 11 is 5.86. The van der Waals surface area contributed by atoms with Crippen LogP contribution in [0, 0.1) is 17.0 Å². The average molecular weight is 285 g/mol. The molecule has 2 rings (SSSR count). The fourth-order valence-corrected chi connectivity index (χ4v) is 2.94. The monoisotopic (exact) mass is 284 g/mol. The van der Waals surface area contributed by atoms with Gasteiger partial charge in [0.15, 0.2) is 0 Å². The van der Waals surface area contributed by atoms with E-state index in [2.05, 4.69) is 9.97 Å². The van der Waals surface area contributed by atoms with Gasteiger partial charge in [0.2, 0.25) is 11.1 Å². The zero-order valence-corrected chi connectivity index (χ0v) is 11.9. The summed E-state index contributed by atoms with van der Waals surface area (Å²) in [6, 6.07) is 0.314. The summed E-state index contributed by atoms with van der Waals surface area (Å²) in [5, 5.41) is 11.3. The van der Waals surface area contributed by atoms with Gasteiger partial charge < -0.3 is 4.90 Å². The number of aryl methyl sites for hydroxylation is 1. The summed E-state index contributed by atoms with van der Waals surface area (Å²) in [5.41, 5.74) is 0.287. The van der Waals surface area contributed by atoms with Gasteiger partial charge in [-0.15, -0.1) is 0 Å². The van der Waals surface area contributed by atoms with E-state index >= 15 is 0 Å². The summed E-state index contributed by atoms with van der Waals surface area (Å²) < 4.78 is 0. The molecule has 0 saturated heterocycles. The smallest absolute Gasteiger partial charge is 0.332 e. The molecule has 104 valence electrons. The van der Waals surface area contributed by atoms with Crippen molar-refractivity contribution in [3.05, 3.63) is 21.1 Å². The Bertz CT molecular complexity index is 489. The van der Waals surface area contributed by atoms with Gasteiger partial charge in [-0.25, -0.2) is 4.98 Å². The molecule has 0 spiro atoms. The Hall–Kier alpha value is -1.43. The Balaban J connectivity index is 2.48. The summed E-state index contributed by atoms with van der Waals surface area (Å²) in [6.45, 7) is 4.25. The fraction of sp³-hybridized carbons (Fsp3) is 0.667. The molecule has 1 fully saturated rings. The third kappa shape index (κ3) is 2.78. The minimum absolute atomic E-state index is 0.0295. The van der Waals surface area contributed by atoms with Crippen LogP contribution < -0.4 is 4.90 Å². The molecule has 19 heavy (non-hydrogen) atoms. The van der Waals surface area contributed by atoms with Crippen LogP contribution in [0.5, 0.6) is 0 Å². The molecule has 0 bridgehead atoms. The maximum Gasteiger partial charge on any atom is 0.332 e. The van der Waals surface area contributed by atoms with Crippen molar-refractivity contribution in [2.45, 2.75) is 45.6 Å². The SMILES string of the molecule is CCN(c1nc(Cl)nc(C)c1[N+](=O)[O-])C1CCCC1. The molecule has 6 nitrogen and oxygen atoms in total. The van der Waals surface area contributed by atoms with Crippen molar-refractivity contribution in [3.8, 4) is 0 Å². The molecule has 1 aromatic heterocycles. The molecule has 0 aromatic carbocycles. The van der Waals surface area contributed by atoms with Crippen molar-refractivity contribution in [1.29, 1.82) is 0 Å². The largest absolute Gasteiger partial charge is 0.348 e. The molecular weight excluding hydrogens is 268 g/mol. The first-order valence-corrected chi connectivity index (χ1v) is 6.87. The number of aromatic nitrogens is 2. The van der Waals surface area contributed by atoms with Crippen molar-refractivity contribution in [1.82, 2.24) is 9.97 Å². The number of rotatable bonds is 4. The average Bonchev–Trinajstić information content (AvgIpc) is 2.82. The highest BCUT2D eigenvalue weighted by Crippen LogP contribution is 2.34. The molecule has 0 aliphatic heterocycles. The highest BCUT2D eigenvalue weighted by atomic mass is 35.5. The Morgan fingerprint density at radius 1 is 1.42 bits per heavy atom. The molecule has 0 radical (unpaired) electrons. The van der Waals surface area contributed by atoms with E-state index < -0.39 is 4.92 Å². The molecule has 0 amide bonds. The Kier molecular flexibility index (Phi) is 4.19. The quantitative estimate of drug-likeness (QED) is 0.482. The van der Waals surface area contributed by atoms with Crippen molar-refractivity contribution < 1.29 is 4.92 Å². The number of nitrogens with zero attached hydrogens (tertiary/aromatic N) is 4. The first kappa shape index (κ1) is 14.0. The van der Waals surface area contributed by atoms with Crippen LogP contribution >= 0.6 is 11.6 Å². The lowest BCUT2D eigenvalue weighted by Crippen LogP contribution is -2.34. The molecule has 1 heterocycles. The van der Waals surface area contributed by atoms with Crippen LogP contribution in [0.3, 0.4) is 0 Å². The van der Waals surface area contributed by atoms with Crippen LogP contribution in [0.4, 0.5) is 11.5 Å². The second-order valence-electron chi connectivity index (χ2n) is 4.73. The van der Waals surface area contributed by atoms with Gasteiger partial charge in [0.05, 0.1) is 4.92 Å².